The Bertz CT molecular complexity index is 1170. The maximum absolute atomic E-state index is 13.5. The molecule has 1 N–H and O–H groups in total. The number of benzene rings is 2. The van der Waals surface area contributed by atoms with Crippen LogP contribution in [0.15, 0.2) is 42.5 Å². The molecular weight excluding hydrogens is 416 g/mol. The van der Waals surface area contributed by atoms with Crippen molar-refractivity contribution in [2.75, 3.05) is 11.9 Å². The van der Waals surface area contributed by atoms with Gasteiger partial charge in [-0.1, -0.05) is 55.7 Å². The number of carbonyl (C=O) groups is 2. The standard InChI is InChI=1S/C26H30N4O3/c1-29(24(31)21-15-9-11-18-10-5-6-14-20(18)21)23-25(30-17-8-7-16-22(30)28-23)33-26(32)27-19-12-3-2-4-13-19/h5-6,9-11,14-15,19H,2-4,7-8,12-13,16-17H2,1H3,(H,27,32). The van der Waals surface area contributed by atoms with Crippen LogP contribution in [0.3, 0.4) is 0 Å². The number of amides is 2. The van der Waals surface area contributed by atoms with E-state index < -0.39 is 6.09 Å². The van der Waals surface area contributed by atoms with Gasteiger partial charge in [0.05, 0.1) is 0 Å². The van der Waals surface area contributed by atoms with Crippen LogP contribution in [0.5, 0.6) is 5.88 Å². The van der Waals surface area contributed by atoms with Crippen molar-refractivity contribution in [1.82, 2.24) is 14.9 Å². The molecule has 1 fully saturated rings. The molecule has 172 valence electrons. The van der Waals surface area contributed by atoms with E-state index in [1.54, 1.807) is 7.05 Å². The monoisotopic (exact) mass is 446 g/mol. The first-order valence-electron chi connectivity index (χ1n) is 12.0. The van der Waals surface area contributed by atoms with Gasteiger partial charge in [0.25, 0.3) is 5.91 Å². The lowest BCUT2D eigenvalue weighted by Crippen LogP contribution is -2.38. The lowest BCUT2D eigenvalue weighted by molar-refractivity contribution is 0.0992. The summed E-state index contributed by atoms with van der Waals surface area (Å²) in [7, 11) is 1.70. The maximum Gasteiger partial charge on any atom is 0.414 e. The number of nitrogens with zero attached hydrogens (tertiary/aromatic N) is 3. The lowest BCUT2D eigenvalue weighted by Gasteiger charge is -2.23. The summed E-state index contributed by atoms with van der Waals surface area (Å²) >= 11 is 0. The predicted octanol–water partition coefficient (Wildman–Crippen LogP) is 5.07. The fourth-order valence-electron chi connectivity index (χ4n) is 4.98. The van der Waals surface area contributed by atoms with Crippen molar-refractivity contribution in [3.63, 3.8) is 0 Å². The third-order valence-corrected chi connectivity index (χ3v) is 6.77. The molecule has 2 heterocycles. The Hall–Kier alpha value is -3.35. The molecule has 1 aliphatic heterocycles. The molecule has 5 rings (SSSR count). The highest BCUT2D eigenvalue weighted by Gasteiger charge is 2.29. The molecule has 0 bridgehead atoms. The number of nitrogens with one attached hydrogen (secondary N) is 1. The fraction of sp³-hybridized carbons (Fsp3) is 0.423. The van der Waals surface area contributed by atoms with Crippen LogP contribution in [-0.4, -0.2) is 34.6 Å². The summed E-state index contributed by atoms with van der Waals surface area (Å²) in [6.45, 7) is 0.727. The fourth-order valence-corrected chi connectivity index (χ4v) is 4.98. The van der Waals surface area contributed by atoms with Crippen LogP contribution in [0.25, 0.3) is 10.8 Å². The zero-order valence-corrected chi connectivity index (χ0v) is 19.0. The van der Waals surface area contributed by atoms with Gasteiger partial charge in [-0.05, 0) is 42.5 Å². The largest absolute Gasteiger partial charge is 0.414 e. The van der Waals surface area contributed by atoms with Crippen molar-refractivity contribution in [3.8, 4) is 5.88 Å². The van der Waals surface area contributed by atoms with Gasteiger partial charge >= 0.3 is 6.09 Å². The maximum atomic E-state index is 13.5. The Morgan fingerprint density at radius 1 is 1.03 bits per heavy atom. The van der Waals surface area contributed by atoms with E-state index in [1.807, 2.05) is 47.0 Å². The van der Waals surface area contributed by atoms with Gasteiger partial charge in [-0.2, -0.15) is 0 Å². The van der Waals surface area contributed by atoms with E-state index in [1.165, 1.54) is 11.3 Å². The number of imidazole rings is 1. The molecule has 1 aromatic heterocycles. The number of hydrogen-bond acceptors (Lipinski definition) is 4. The van der Waals surface area contributed by atoms with Gasteiger partial charge < -0.3 is 10.1 Å². The molecule has 0 radical (unpaired) electrons. The van der Waals surface area contributed by atoms with E-state index in [9.17, 15) is 9.59 Å². The predicted molar refractivity (Wildman–Crippen MR) is 128 cm³/mol. The summed E-state index contributed by atoms with van der Waals surface area (Å²) in [6.07, 6.45) is 7.78. The molecule has 2 amide bonds. The molecule has 0 spiro atoms. The molecule has 2 aromatic carbocycles. The Morgan fingerprint density at radius 3 is 2.67 bits per heavy atom. The number of hydrogen-bond donors (Lipinski definition) is 1. The van der Waals surface area contributed by atoms with E-state index in [0.29, 0.717) is 17.3 Å². The van der Waals surface area contributed by atoms with E-state index in [2.05, 4.69) is 5.32 Å². The second-order valence-electron chi connectivity index (χ2n) is 9.03. The zero-order chi connectivity index (χ0) is 22.8. The minimum atomic E-state index is -0.470. The second kappa shape index (κ2) is 9.25. The van der Waals surface area contributed by atoms with E-state index in [0.717, 1.165) is 68.1 Å². The molecule has 3 aromatic rings. The summed E-state index contributed by atoms with van der Waals surface area (Å²) in [4.78, 5) is 32.6. The number of ether oxygens (including phenoxy) is 1. The summed E-state index contributed by atoms with van der Waals surface area (Å²) in [6, 6.07) is 13.7. The van der Waals surface area contributed by atoms with Crippen molar-refractivity contribution in [1.29, 1.82) is 0 Å². The van der Waals surface area contributed by atoms with Gasteiger partial charge in [0.2, 0.25) is 5.88 Å². The topological polar surface area (TPSA) is 76.5 Å². The second-order valence-corrected chi connectivity index (χ2v) is 9.03. The molecule has 7 nitrogen and oxygen atoms in total. The first-order chi connectivity index (χ1) is 16.1. The van der Waals surface area contributed by atoms with Crippen LogP contribution in [0.2, 0.25) is 0 Å². The van der Waals surface area contributed by atoms with E-state index in [4.69, 9.17) is 9.72 Å². The van der Waals surface area contributed by atoms with Crippen molar-refractivity contribution >= 4 is 28.6 Å². The highest BCUT2D eigenvalue weighted by atomic mass is 16.6. The summed E-state index contributed by atoms with van der Waals surface area (Å²) in [5, 5.41) is 4.90. The van der Waals surface area contributed by atoms with Gasteiger partial charge in [-0.25, -0.2) is 9.78 Å². The smallest absolute Gasteiger partial charge is 0.389 e. The minimum Gasteiger partial charge on any atom is -0.389 e. The molecule has 7 heteroatoms. The van der Waals surface area contributed by atoms with E-state index in [-0.39, 0.29) is 11.9 Å². The molecule has 33 heavy (non-hydrogen) atoms. The SMILES string of the molecule is CN(C(=O)c1cccc2ccccc12)c1nc2n(c1OC(=O)NC1CCCCC1)CCCC2. The summed E-state index contributed by atoms with van der Waals surface area (Å²) in [5.74, 6) is 1.42. The van der Waals surface area contributed by atoms with Crippen LogP contribution in [0.1, 0.15) is 61.1 Å². The number of anilines is 1. The van der Waals surface area contributed by atoms with Crippen molar-refractivity contribution in [3.05, 3.63) is 53.9 Å². The average Bonchev–Trinajstić information content (AvgIpc) is 3.21. The average molecular weight is 447 g/mol. The van der Waals surface area contributed by atoms with Crippen LogP contribution >= 0.6 is 0 Å². The Balaban J connectivity index is 1.45. The van der Waals surface area contributed by atoms with Crippen LogP contribution in [0.4, 0.5) is 10.6 Å². The van der Waals surface area contributed by atoms with Gasteiger partial charge in [0.1, 0.15) is 5.82 Å². The third-order valence-electron chi connectivity index (χ3n) is 6.77. The number of aromatic nitrogens is 2. The van der Waals surface area contributed by atoms with Crippen LogP contribution in [-0.2, 0) is 13.0 Å². The highest BCUT2D eigenvalue weighted by Crippen LogP contribution is 2.34. The van der Waals surface area contributed by atoms with Gasteiger partial charge in [-0.3, -0.25) is 14.3 Å². The van der Waals surface area contributed by atoms with Crippen molar-refractivity contribution < 1.29 is 14.3 Å². The number of aryl methyl sites for hydroxylation is 1. The first kappa shape index (κ1) is 21.5. The highest BCUT2D eigenvalue weighted by molar-refractivity contribution is 6.14. The number of rotatable bonds is 4. The Morgan fingerprint density at radius 2 is 1.82 bits per heavy atom. The summed E-state index contributed by atoms with van der Waals surface area (Å²) in [5.41, 5.74) is 0.596. The molecule has 2 aliphatic rings. The molecular formula is C26H30N4O3. The first-order valence-corrected chi connectivity index (χ1v) is 12.0. The molecule has 1 aliphatic carbocycles. The van der Waals surface area contributed by atoms with Crippen LogP contribution in [0, 0.1) is 0 Å². The Labute approximate surface area is 193 Å². The lowest BCUT2D eigenvalue weighted by atomic mass is 9.96. The van der Waals surface area contributed by atoms with E-state index >= 15 is 0 Å². The number of carbonyl (C=O) groups excluding carboxylic acids is 2. The van der Waals surface area contributed by atoms with Crippen molar-refractivity contribution in [2.45, 2.75) is 64.0 Å². The zero-order valence-electron chi connectivity index (χ0n) is 19.0. The van der Waals surface area contributed by atoms with Gasteiger partial charge in [-0.15, -0.1) is 0 Å². The normalized spacial score (nSPS) is 16.3. The van der Waals surface area contributed by atoms with Crippen LogP contribution < -0.4 is 15.0 Å². The Kier molecular flexibility index (Phi) is 6.03. The minimum absolute atomic E-state index is 0.147. The van der Waals surface area contributed by atoms with Gasteiger partial charge in [0, 0.05) is 31.6 Å². The third kappa shape index (κ3) is 4.32. The molecule has 0 saturated heterocycles. The quantitative estimate of drug-likeness (QED) is 0.607. The van der Waals surface area contributed by atoms with Gasteiger partial charge in [0.15, 0.2) is 5.82 Å². The number of fused-ring (bicyclic) bond motifs is 2. The van der Waals surface area contributed by atoms with Crippen molar-refractivity contribution in [2.24, 2.45) is 0 Å². The molecule has 1 saturated carbocycles. The molecule has 0 unspecified atom stereocenters. The summed E-state index contributed by atoms with van der Waals surface area (Å²) < 4.78 is 7.79. The molecule has 0 atom stereocenters.